The van der Waals surface area contributed by atoms with Crippen molar-refractivity contribution in [2.45, 2.75) is 52.2 Å². The summed E-state index contributed by atoms with van der Waals surface area (Å²) in [7, 11) is 0. The van der Waals surface area contributed by atoms with E-state index in [9.17, 15) is 18.7 Å². The number of benzene rings is 1. The molecule has 2 rings (SSSR count). The van der Waals surface area contributed by atoms with Crippen molar-refractivity contribution in [2.75, 3.05) is 0 Å². The molecule has 1 aliphatic rings. The van der Waals surface area contributed by atoms with Gasteiger partial charge < -0.3 is 10.4 Å². The molecule has 128 valence electrons. The maximum absolute atomic E-state index is 14.4. The van der Waals surface area contributed by atoms with Crippen LogP contribution in [0.15, 0.2) is 12.1 Å². The van der Waals surface area contributed by atoms with Crippen LogP contribution in [0.25, 0.3) is 0 Å². The quantitative estimate of drug-likeness (QED) is 0.814. The maximum Gasteiger partial charge on any atom is 0.223 e. The molecular weight excluding hydrogens is 324 g/mol. The van der Waals surface area contributed by atoms with Gasteiger partial charge in [0, 0.05) is 11.5 Å². The third-order valence-electron chi connectivity index (χ3n) is 4.26. The Morgan fingerprint density at radius 2 is 1.96 bits per heavy atom. The lowest BCUT2D eigenvalue weighted by Crippen LogP contribution is -2.50. The first-order valence-corrected chi connectivity index (χ1v) is 7.96. The minimum absolute atomic E-state index is 0.184. The van der Waals surface area contributed by atoms with Gasteiger partial charge in [0.15, 0.2) is 0 Å². The van der Waals surface area contributed by atoms with Gasteiger partial charge >= 0.3 is 0 Å². The molecular formula is C17H22ClF2NO2. The second kappa shape index (κ2) is 6.02. The Morgan fingerprint density at radius 3 is 2.43 bits per heavy atom. The van der Waals surface area contributed by atoms with Gasteiger partial charge in [-0.2, -0.15) is 0 Å². The summed E-state index contributed by atoms with van der Waals surface area (Å²) in [4.78, 5) is 12.4. The van der Waals surface area contributed by atoms with Crippen molar-refractivity contribution in [3.8, 4) is 0 Å². The number of nitrogens with one attached hydrogen (secondary N) is 1. The van der Waals surface area contributed by atoms with Crippen LogP contribution in [-0.2, 0) is 4.79 Å². The molecule has 0 aromatic heterocycles. The fourth-order valence-electron chi connectivity index (χ4n) is 2.98. The average Bonchev–Trinajstić information content (AvgIpc) is 2.38. The molecule has 2 N–H and O–H groups in total. The second-order valence-electron chi connectivity index (χ2n) is 7.67. The number of carbonyl (C=O) groups is 1. The summed E-state index contributed by atoms with van der Waals surface area (Å²) in [5.74, 6) is -2.25. The number of amides is 1. The second-order valence-corrected chi connectivity index (χ2v) is 8.07. The fourth-order valence-corrected chi connectivity index (χ4v) is 3.14. The molecule has 0 bridgehead atoms. The number of halogens is 3. The summed E-state index contributed by atoms with van der Waals surface area (Å²) in [5.41, 5.74) is -1.69. The molecule has 1 aromatic carbocycles. The molecule has 1 fully saturated rings. The summed E-state index contributed by atoms with van der Waals surface area (Å²) in [6.45, 7) is 7.02. The first-order chi connectivity index (χ1) is 10.4. The number of hydrogen-bond donors (Lipinski definition) is 2. The molecule has 1 saturated carbocycles. The van der Waals surface area contributed by atoms with Gasteiger partial charge in [0.05, 0.1) is 16.7 Å². The van der Waals surface area contributed by atoms with Crippen molar-refractivity contribution in [2.24, 2.45) is 11.3 Å². The summed E-state index contributed by atoms with van der Waals surface area (Å²) in [6.07, 6.45) is 0.687. The summed E-state index contributed by atoms with van der Waals surface area (Å²) < 4.78 is 28.5. The van der Waals surface area contributed by atoms with E-state index in [1.54, 1.807) is 27.7 Å². The van der Waals surface area contributed by atoms with Crippen LogP contribution in [0.4, 0.5) is 8.78 Å². The molecule has 1 amide bonds. The summed E-state index contributed by atoms with van der Waals surface area (Å²) in [6, 6.07) is 1.39. The van der Waals surface area contributed by atoms with E-state index in [0.717, 1.165) is 12.1 Å². The van der Waals surface area contributed by atoms with Crippen molar-refractivity contribution < 1.29 is 18.7 Å². The third kappa shape index (κ3) is 3.83. The van der Waals surface area contributed by atoms with Crippen LogP contribution >= 0.6 is 11.6 Å². The smallest absolute Gasteiger partial charge is 0.223 e. The van der Waals surface area contributed by atoms with E-state index in [2.05, 4.69) is 5.32 Å². The lowest BCUT2D eigenvalue weighted by molar-refractivity contribution is -0.140. The van der Waals surface area contributed by atoms with Crippen molar-refractivity contribution >= 4 is 17.5 Å². The first kappa shape index (κ1) is 18.1. The van der Waals surface area contributed by atoms with Crippen molar-refractivity contribution in [1.82, 2.24) is 5.32 Å². The van der Waals surface area contributed by atoms with Crippen LogP contribution in [-0.4, -0.2) is 16.6 Å². The minimum Gasteiger partial charge on any atom is -0.390 e. The highest BCUT2D eigenvalue weighted by Crippen LogP contribution is 2.41. The lowest BCUT2D eigenvalue weighted by atomic mass is 9.71. The molecule has 0 saturated heterocycles. The minimum atomic E-state index is -0.862. The molecule has 1 atom stereocenters. The van der Waals surface area contributed by atoms with Crippen molar-refractivity contribution in [3.63, 3.8) is 0 Å². The van der Waals surface area contributed by atoms with E-state index in [1.807, 2.05) is 0 Å². The standard InChI is InChI=1S/C17H22ClF2NO2/c1-16(2,3)14(12-11(19)6-5-10(18)13(12)20)21-15(22)9-7-17(4,23)8-9/h5-6,9,14,23H,7-8H2,1-4H3,(H,21,22)/t9?,14-,17?/m1/s1. The van der Waals surface area contributed by atoms with Crippen LogP contribution in [0, 0.1) is 23.0 Å². The Bertz CT molecular complexity index is 618. The van der Waals surface area contributed by atoms with Crippen LogP contribution < -0.4 is 5.32 Å². The molecule has 1 aromatic rings. The predicted molar refractivity (Wildman–Crippen MR) is 85.1 cm³/mol. The van der Waals surface area contributed by atoms with E-state index in [0.29, 0.717) is 12.8 Å². The van der Waals surface area contributed by atoms with Gasteiger partial charge in [-0.1, -0.05) is 32.4 Å². The monoisotopic (exact) mass is 345 g/mol. The normalized spacial score (nSPS) is 25.7. The molecule has 6 heteroatoms. The highest BCUT2D eigenvalue weighted by Gasteiger charge is 2.44. The van der Waals surface area contributed by atoms with E-state index in [4.69, 9.17) is 11.6 Å². The molecule has 3 nitrogen and oxygen atoms in total. The SMILES string of the molecule is CC1(O)CC(C(=O)N[C@H](c2c(F)ccc(Cl)c2F)C(C)(C)C)C1. The van der Waals surface area contributed by atoms with Crippen LogP contribution in [0.5, 0.6) is 0 Å². The highest BCUT2D eigenvalue weighted by atomic mass is 35.5. The Balaban J connectivity index is 2.30. The Kier molecular flexibility index (Phi) is 4.75. The maximum atomic E-state index is 14.4. The number of rotatable bonds is 3. The van der Waals surface area contributed by atoms with Gasteiger partial charge in [-0.15, -0.1) is 0 Å². The zero-order valence-electron chi connectivity index (χ0n) is 13.7. The Morgan fingerprint density at radius 1 is 1.39 bits per heavy atom. The topological polar surface area (TPSA) is 49.3 Å². The first-order valence-electron chi connectivity index (χ1n) is 7.58. The number of carbonyl (C=O) groups excluding carboxylic acids is 1. The average molecular weight is 346 g/mol. The molecule has 1 aliphatic carbocycles. The van der Waals surface area contributed by atoms with Gasteiger partial charge in [-0.3, -0.25) is 4.79 Å². The molecule has 23 heavy (non-hydrogen) atoms. The van der Waals surface area contributed by atoms with Crippen LogP contribution in [0.3, 0.4) is 0 Å². The van der Waals surface area contributed by atoms with E-state index in [-0.39, 0.29) is 22.4 Å². The highest BCUT2D eigenvalue weighted by molar-refractivity contribution is 6.30. The van der Waals surface area contributed by atoms with E-state index >= 15 is 0 Å². The largest absolute Gasteiger partial charge is 0.390 e. The molecule has 0 heterocycles. The number of hydrogen-bond acceptors (Lipinski definition) is 2. The zero-order chi connectivity index (χ0) is 17.6. The Hall–Kier alpha value is -1.20. The number of aliphatic hydroxyl groups is 1. The van der Waals surface area contributed by atoms with E-state index < -0.39 is 28.7 Å². The zero-order valence-corrected chi connectivity index (χ0v) is 14.5. The summed E-state index contributed by atoms with van der Waals surface area (Å²) >= 11 is 5.77. The van der Waals surface area contributed by atoms with Crippen molar-refractivity contribution in [3.05, 3.63) is 34.4 Å². The molecule has 0 unspecified atom stereocenters. The molecule has 0 radical (unpaired) electrons. The predicted octanol–water partition coefficient (Wildman–Crippen LogP) is 3.98. The third-order valence-corrected chi connectivity index (χ3v) is 4.56. The van der Waals surface area contributed by atoms with Crippen LogP contribution in [0.2, 0.25) is 5.02 Å². The molecule has 0 spiro atoms. The van der Waals surface area contributed by atoms with Gasteiger partial charge in [0.2, 0.25) is 5.91 Å². The summed E-state index contributed by atoms with van der Waals surface area (Å²) in [5, 5.41) is 12.3. The lowest BCUT2D eigenvalue weighted by Gasteiger charge is -2.41. The van der Waals surface area contributed by atoms with E-state index in [1.165, 1.54) is 0 Å². The molecule has 0 aliphatic heterocycles. The Labute approximate surface area is 140 Å². The van der Waals surface area contributed by atoms with Crippen molar-refractivity contribution in [1.29, 1.82) is 0 Å². The van der Waals surface area contributed by atoms with Gasteiger partial charge in [-0.25, -0.2) is 8.78 Å². The van der Waals surface area contributed by atoms with Gasteiger partial charge in [-0.05, 0) is 37.3 Å². The van der Waals surface area contributed by atoms with Gasteiger partial charge in [0.25, 0.3) is 0 Å². The van der Waals surface area contributed by atoms with Gasteiger partial charge in [0.1, 0.15) is 11.6 Å². The fraction of sp³-hybridized carbons (Fsp3) is 0.588. The van der Waals surface area contributed by atoms with Crippen LogP contribution in [0.1, 0.15) is 52.1 Å².